The van der Waals surface area contributed by atoms with Crippen molar-refractivity contribution in [2.75, 3.05) is 0 Å². The summed E-state index contributed by atoms with van der Waals surface area (Å²) in [5.74, 6) is 1.38. The van der Waals surface area contributed by atoms with Crippen LogP contribution in [0.15, 0.2) is 37.0 Å². The van der Waals surface area contributed by atoms with Crippen LogP contribution in [0.1, 0.15) is 45.4 Å². The average Bonchev–Trinajstić information content (AvgIpc) is 2.29. The molecule has 0 aromatic rings. The number of rotatable bonds is 5. The summed E-state index contributed by atoms with van der Waals surface area (Å²) in [6.07, 6.45) is 19.4. The van der Waals surface area contributed by atoms with E-state index in [1.807, 2.05) is 6.08 Å². The molecule has 1 unspecified atom stereocenters. The molecule has 0 aromatic heterocycles. The van der Waals surface area contributed by atoms with Crippen LogP contribution in [0.2, 0.25) is 0 Å². The summed E-state index contributed by atoms with van der Waals surface area (Å²) >= 11 is 0. The van der Waals surface area contributed by atoms with Crippen LogP contribution < -0.4 is 0 Å². The molecule has 0 heterocycles. The molecule has 0 aliphatic heterocycles. The fourth-order valence-corrected chi connectivity index (χ4v) is 2.26. The standard InChI is InChI=1S/C15H24/c1-3-9-14(4-2)12-8-13-15-10-6-5-7-11-15/h3-4,8-9,13-15H,2,5-7,10-12H2,1H3/b9-3+,13-8+. The van der Waals surface area contributed by atoms with Gasteiger partial charge in [-0.3, -0.25) is 0 Å². The Labute approximate surface area is 94.8 Å². The van der Waals surface area contributed by atoms with Gasteiger partial charge < -0.3 is 0 Å². The van der Waals surface area contributed by atoms with Gasteiger partial charge in [0.1, 0.15) is 0 Å². The Morgan fingerprint density at radius 3 is 2.60 bits per heavy atom. The Morgan fingerprint density at radius 1 is 1.27 bits per heavy atom. The lowest BCUT2D eigenvalue weighted by atomic mass is 9.88. The van der Waals surface area contributed by atoms with Gasteiger partial charge in [-0.25, -0.2) is 0 Å². The molecule has 1 aliphatic carbocycles. The van der Waals surface area contributed by atoms with E-state index >= 15 is 0 Å². The first-order valence-corrected chi connectivity index (χ1v) is 6.29. The van der Waals surface area contributed by atoms with Gasteiger partial charge in [0.25, 0.3) is 0 Å². The molecule has 0 aromatic carbocycles. The maximum absolute atomic E-state index is 3.86. The van der Waals surface area contributed by atoms with E-state index < -0.39 is 0 Å². The van der Waals surface area contributed by atoms with Crippen molar-refractivity contribution in [2.45, 2.75) is 45.4 Å². The molecule has 0 spiro atoms. The monoisotopic (exact) mass is 204 g/mol. The predicted molar refractivity (Wildman–Crippen MR) is 68.8 cm³/mol. The van der Waals surface area contributed by atoms with Crippen LogP contribution in [0.5, 0.6) is 0 Å². The lowest BCUT2D eigenvalue weighted by molar-refractivity contribution is 0.418. The fourth-order valence-electron chi connectivity index (χ4n) is 2.26. The summed E-state index contributed by atoms with van der Waals surface area (Å²) in [6, 6.07) is 0. The highest BCUT2D eigenvalue weighted by molar-refractivity contribution is 5.01. The van der Waals surface area contributed by atoms with E-state index in [4.69, 9.17) is 0 Å². The van der Waals surface area contributed by atoms with Gasteiger partial charge in [0.05, 0.1) is 0 Å². The van der Waals surface area contributed by atoms with Crippen LogP contribution in [0.3, 0.4) is 0 Å². The molecule has 1 fully saturated rings. The van der Waals surface area contributed by atoms with E-state index in [0.717, 1.165) is 12.3 Å². The highest BCUT2D eigenvalue weighted by atomic mass is 14.1. The second-order valence-electron chi connectivity index (χ2n) is 4.49. The zero-order valence-corrected chi connectivity index (χ0v) is 9.99. The van der Waals surface area contributed by atoms with Crippen LogP contribution in [0, 0.1) is 11.8 Å². The summed E-state index contributed by atoms with van der Waals surface area (Å²) in [5.41, 5.74) is 0. The number of hydrogen-bond acceptors (Lipinski definition) is 0. The number of allylic oxidation sites excluding steroid dienone is 5. The summed E-state index contributed by atoms with van der Waals surface area (Å²) in [7, 11) is 0. The van der Waals surface area contributed by atoms with Gasteiger partial charge in [0.15, 0.2) is 0 Å². The lowest BCUT2D eigenvalue weighted by Gasteiger charge is -2.17. The maximum Gasteiger partial charge on any atom is -0.00218 e. The van der Waals surface area contributed by atoms with E-state index in [1.165, 1.54) is 32.1 Å². The van der Waals surface area contributed by atoms with Crippen LogP contribution in [-0.4, -0.2) is 0 Å². The quantitative estimate of drug-likeness (QED) is 0.559. The van der Waals surface area contributed by atoms with Crippen molar-refractivity contribution < 1.29 is 0 Å². The molecular weight excluding hydrogens is 180 g/mol. The third-order valence-corrected chi connectivity index (χ3v) is 3.21. The Kier molecular flexibility index (Phi) is 6.15. The molecule has 0 amide bonds. The molecule has 0 heteroatoms. The molecule has 0 nitrogen and oxygen atoms in total. The Balaban J connectivity index is 2.27. The molecule has 15 heavy (non-hydrogen) atoms. The van der Waals surface area contributed by atoms with Crippen LogP contribution in [-0.2, 0) is 0 Å². The molecule has 0 saturated heterocycles. The van der Waals surface area contributed by atoms with Crippen LogP contribution in [0.4, 0.5) is 0 Å². The van der Waals surface area contributed by atoms with Gasteiger partial charge in [0.2, 0.25) is 0 Å². The van der Waals surface area contributed by atoms with Crippen molar-refractivity contribution in [3.05, 3.63) is 37.0 Å². The normalized spacial score (nSPS) is 21.1. The summed E-state index contributed by atoms with van der Waals surface area (Å²) in [5, 5.41) is 0. The first-order valence-electron chi connectivity index (χ1n) is 6.29. The van der Waals surface area contributed by atoms with E-state index in [0.29, 0.717) is 5.92 Å². The third-order valence-electron chi connectivity index (χ3n) is 3.21. The second-order valence-corrected chi connectivity index (χ2v) is 4.49. The molecule has 1 rings (SSSR count). The molecule has 1 saturated carbocycles. The topological polar surface area (TPSA) is 0 Å². The minimum absolute atomic E-state index is 0.523. The molecular formula is C15H24. The van der Waals surface area contributed by atoms with Crippen molar-refractivity contribution in [1.82, 2.24) is 0 Å². The molecule has 1 atom stereocenters. The van der Waals surface area contributed by atoms with Crippen molar-refractivity contribution in [3.8, 4) is 0 Å². The average molecular weight is 204 g/mol. The van der Waals surface area contributed by atoms with Crippen LogP contribution >= 0.6 is 0 Å². The third kappa shape index (κ3) is 5.01. The highest BCUT2D eigenvalue weighted by Gasteiger charge is 2.09. The molecule has 1 aliphatic rings. The van der Waals surface area contributed by atoms with Gasteiger partial charge in [-0.05, 0) is 38.0 Å². The fraction of sp³-hybridized carbons (Fsp3) is 0.600. The van der Waals surface area contributed by atoms with Gasteiger partial charge >= 0.3 is 0 Å². The van der Waals surface area contributed by atoms with Gasteiger partial charge in [-0.2, -0.15) is 0 Å². The molecule has 0 N–H and O–H groups in total. The maximum atomic E-state index is 3.86. The molecule has 84 valence electrons. The summed E-state index contributed by atoms with van der Waals surface area (Å²) in [6.45, 7) is 5.93. The lowest BCUT2D eigenvalue weighted by Crippen LogP contribution is -2.02. The summed E-state index contributed by atoms with van der Waals surface area (Å²) in [4.78, 5) is 0. The predicted octanol–water partition coefficient (Wildman–Crippen LogP) is 4.89. The summed E-state index contributed by atoms with van der Waals surface area (Å²) < 4.78 is 0. The van der Waals surface area contributed by atoms with Crippen LogP contribution in [0.25, 0.3) is 0 Å². The van der Waals surface area contributed by atoms with Gasteiger partial charge in [0, 0.05) is 0 Å². The van der Waals surface area contributed by atoms with Crippen molar-refractivity contribution >= 4 is 0 Å². The first kappa shape index (κ1) is 12.3. The zero-order valence-electron chi connectivity index (χ0n) is 9.99. The van der Waals surface area contributed by atoms with Crippen molar-refractivity contribution in [2.24, 2.45) is 11.8 Å². The SMILES string of the molecule is C=CC(/C=C/C)C/C=C/C1CCCCC1. The van der Waals surface area contributed by atoms with E-state index in [1.54, 1.807) is 0 Å². The zero-order chi connectivity index (χ0) is 10.9. The molecule has 0 radical (unpaired) electrons. The second kappa shape index (κ2) is 7.50. The van der Waals surface area contributed by atoms with Gasteiger partial charge in [-0.15, -0.1) is 6.58 Å². The van der Waals surface area contributed by atoms with E-state index in [2.05, 4.69) is 37.8 Å². The largest absolute Gasteiger partial charge is 0.102 e. The first-order chi connectivity index (χ1) is 7.36. The Morgan fingerprint density at radius 2 is 2.00 bits per heavy atom. The number of hydrogen-bond donors (Lipinski definition) is 0. The Hall–Kier alpha value is -0.780. The minimum atomic E-state index is 0.523. The van der Waals surface area contributed by atoms with E-state index in [9.17, 15) is 0 Å². The van der Waals surface area contributed by atoms with Crippen molar-refractivity contribution in [1.29, 1.82) is 0 Å². The van der Waals surface area contributed by atoms with Crippen molar-refractivity contribution in [3.63, 3.8) is 0 Å². The van der Waals surface area contributed by atoms with Gasteiger partial charge in [-0.1, -0.05) is 49.6 Å². The highest BCUT2D eigenvalue weighted by Crippen LogP contribution is 2.24. The smallest absolute Gasteiger partial charge is 0.00218 e. The van der Waals surface area contributed by atoms with E-state index in [-0.39, 0.29) is 0 Å². The Bertz CT molecular complexity index is 216. The minimum Gasteiger partial charge on any atom is -0.102 e. The molecule has 0 bridgehead atoms.